The second kappa shape index (κ2) is 21.5. The van der Waals surface area contributed by atoms with Crippen LogP contribution in [0.2, 0.25) is 0 Å². The molecular weight excluding hydrogens is 813 g/mol. The van der Waals surface area contributed by atoms with Gasteiger partial charge in [0.1, 0.15) is 24.2 Å². The number of carbonyl (C=O) groups is 6. The molecule has 8 N–H and O–H groups in total. The van der Waals surface area contributed by atoms with Gasteiger partial charge in [-0.1, -0.05) is 63.6 Å². The fourth-order valence-electron chi connectivity index (χ4n) is 9.95. The van der Waals surface area contributed by atoms with Crippen molar-refractivity contribution in [2.75, 3.05) is 13.1 Å². The van der Waals surface area contributed by atoms with Gasteiger partial charge >= 0.3 is 7.12 Å². The number of rotatable bonds is 15. The van der Waals surface area contributed by atoms with E-state index >= 15 is 0 Å². The van der Waals surface area contributed by atoms with Crippen molar-refractivity contribution in [2.45, 2.75) is 160 Å². The van der Waals surface area contributed by atoms with E-state index in [0.29, 0.717) is 43.2 Å². The Kier molecular flexibility index (Phi) is 16.3. The third-order valence-corrected chi connectivity index (χ3v) is 14.2. The number of carbonyl (C=O) groups excluding carboxylic acids is 6. The largest absolute Gasteiger partial charge is 0.481 e. The number of hydrogen-bond donors (Lipinski definition) is 7. The maximum Gasteiger partial charge on any atom is 0.481 e. The Hall–Kier alpha value is -4.80. The Bertz CT molecular complexity index is 1980. The van der Waals surface area contributed by atoms with Crippen LogP contribution in [0, 0.1) is 17.3 Å². The Balaban J connectivity index is 1.07. The van der Waals surface area contributed by atoms with Gasteiger partial charge in [0, 0.05) is 18.5 Å². The van der Waals surface area contributed by atoms with Gasteiger partial charge in [-0.15, -0.1) is 0 Å². The Morgan fingerprint density at radius 2 is 1.61 bits per heavy atom. The average Bonchev–Trinajstić information content (AvgIpc) is 3.65. The molecule has 6 amide bonds. The molecule has 16 heteroatoms. The highest BCUT2D eigenvalue weighted by Crippen LogP contribution is 2.65. The van der Waals surface area contributed by atoms with Crippen LogP contribution in [0.1, 0.15) is 128 Å². The molecule has 2 aliphatic heterocycles. The minimum atomic E-state index is -1.22. The van der Waals surface area contributed by atoms with E-state index in [-0.39, 0.29) is 49.7 Å². The van der Waals surface area contributed by atoms with E-state index in [2.05, 4.69) is 83.9 Å². The zero-order valence-electron chi connectivity index (χ0n) is 38.6. The molecule has 3 saturated carbocycles. The molecule has 7 rings (SSSR count). The lowest BCUT2D eigenvalue weighted by Gasteiger charge is -2.64. The molecule has 5 fully saturated rings. The standard InChI is InChI=1S/C48H70BN7O8/c1-7-8-12-31-15-17-32(18-16-31)33-19-21-34(22-20-33)43(59)55-36(13-9-10-25-50)46(62)56-38-23-24-41(57)51-26-11-14-37(54-42(58)29(2)52-44(38)60)45(61)53-30(3)49-63-40-28-35-27-39(47(35,4)5)48(40,6)64-49/h15-22,29-30,35-40H,7-14,23-28,50H2,1-6H3,(H,51,57)(H,52,60)(H,53,61)(H,54,58)(H,55,59)(H,56,62)/t29-,30-,35-,36-,37-,38-,39-,40+,48-/m0/s1. The summed E-state index contributed by atoms with van der Waals surface area (Å²) in [5.41, 5.74) is 9.09. The number of amides is 6. The number of unbranched alkanes of at least 4 members (excludes halogenated alkanes) is 2. The van der Waals surface area contributed by atoms with Gasteiger partial charge in [0.2, 0.25) is 29.5 Å². The van der Waals surface area contributed by atoms with Crippen molar-refractivity contribution in [1.82, 2.24) is 31.9 Å². The SMILES string of the molecule is CCCCc1ccc(-c2ccc(C(=O)N[C@@H](CCCCN)C(=O)N[C@H]3CCC(=O)NCCC[C@@H](C(=O)N[C@@H](C)B4O[C@@H]5C[C@@H]6C[C@@H](C6(C)C)[C@]5(C)O4)NC(=O)[C@H](C)NC3=O)cc2)cc1. The molecule has 3 aliphatic carbocycles. The van der Waals surface area contributed by atoms with Gasteiger partial charge in [0.25, 0.3) is 5.91 Å². The van der Waals surface area contributed by atoms with Crippen molar-refractivity contribution < 1.29 is 38.1 Å². The molecule has 2 saturated heterocycles. The topological polar surface area (TPSA) is 219 Å². The summed E-state index contributed by atoms with van der Waals surface area (Å²) in [6.45, 7) is 12.8. The Morgan fingerprint density at radius 1 is 0.906 bits per heavy atom. The smallest absolute Gasteiger partial charge is 0.404 e. The summed E-state index contributed by atoms with van der Waals surface area (Å²) in [7, 11) is -0.656. The maximum atomic E-state index is 13.9. The molecule has 9 atom stereocenters. The third kappa shape index (κ3) is 11.5. The first-order valence-electron chi connectivity index (χ1n) is 23.6. The van der Waals surface area contributed by atoms with E-state index in [0.717, 1.165) is 43.2 Å². The van der Waals surface area contributed by atoms with E-state index in [9.17, 15) is 28.8 Å². The van der Waals surface area contributed by atoms with Crippen molar-refractivity contribution in [2.24, 2.45) is 23.0 Å². The first-order chi connectivity index (χ1) is 30.5. The summed E-state index contributed by atoms with van der Waals surface area (Å²) in [4.78, 5) is 81.6. The molecule has 2 heterocycles. The van der Waals surface area contributed by atoms with Crippen LogP contribution in [0.15, 0.2) is 48.5 Å². The third-order valence-electron chi connectivity index (χ3n) is 14.2. The zero-order chi connectivity index (χ0) is 46.2. The van der Waals surface area contributed by atoms with Crippen LogP contribution >= 0.6 is 0 Å². The lowest BCUT2D eigenvalue weighted by atomic mass is 9.43. The second-order valence-electron chi connectivity index (χ2n) is 19.2. The maximum absolute atomic E-state index is 13.9. The molecule has 64 heavy (non-hydrogen) atoms. The van der Waals surface area contributed by atoms with Crippen molar-refractivity contribution in [3.63, 3.8) is 0 Å². The summed E-state index contributed by atoms with van der Waals surface area (Å²) in [6.07, 6.45) is 7.09. The monoisotopic (exact) mass is 884 g/mol. The normalized spacial score (nSPS) is 27.9. The van der Waals surface area contributed by atoms with Crippen LogP contribution in [0.25, 0.3) is 11.1 Å². The predicted molar refractivity (Wildman–Crippen MR) is 245 cm³/mol. The van der Waals surface area contributed by atoms with Gasteiger partial charge in [-0.05, 0) is 138 Å². The van der Waals surface area contributed by atoms with Crippen molar-refractivity contribution in [3.8, 4) is 11.1 Å². The van der Waals surface area contributed by atoms with Crippen LogP contribution in [0.4, 0.5) is 0 Å². The van der Waals surface area contributed by atoms with Crippen molar-refractivity contribution in [1.29, 1.82) is 0 Å². The molecule has 0 unspecified atom stereocenters. The minimum absolute atomic E-state index is 0.0577. The van der Waals surface area contributed by atoms with Crippen LogP contribution in [-0.2, 0) is 39.7 Å². The number of hydrogen-bond acceptors (Lipinski definition) is 9. The molecule has 0 spiro atoms. The fraction of sp³-hybridized carbons (Fsp3) is 0.625. The average molecular weight is 884 g/mol. The van der Waals surface area contributed by atoms with Gasteiger partial charge in [0.15, 0.2) is 0 Å². The number of aryl methyl sites for hydroxylation is 1. The van der Waals surface area contributed by atoms with Crippen molar-refractivity contribution >= 4 is 42.6 Å². The lowest BCUT2D eigenvalue weighted by Crippen LogP contribution is -2.65. The highest BCUT2D eigenvalue weighted by atomic mass is 16.7. The van der Waals surface area contributed by atoms with E-state index < -0.39 is 72.4 Å². The van der Waals surface area contributed by atoms with Crippen molar-refractivity contribution in [3.05, 3.63) is 59.7 Å². The van der Waals surface area contributed by atoms with Gasteiger partial charge in [-0.3, -0.25) is 28.8 Å². The van der Waals surface area contributed by atoms with Crippen LogP contribution < -0.4 is 37.6 Å². The van der Waals surface area contributed by atoms with E-state index in [1.54, 1.807) is 12.1 Å². The van der Waals surface area contributed by atoms with Gasteiger partial charge in [-0.25, -0.2) is 0 Å². The number of benzene rings is 2. The Morgan fingerprint density at radius 3 is 2.28 bits per heavy atom. The quantitative estimate of drug-likeness (QED) is 0.102. The van der Waals surface area contributed by atoms with E-state index in [1.807, 2.05) is 19.1 Å². The first-order valence-corrected chi connectivity index (χ1v) is 23.6. The van der Waals surface area contributed by atoms with Crippen LogP contribution in [-0.4, -0.2) is 97.5 Å². The summed E-state index contributed by atoms with van der Waals surface area (Å²) >= 11 is 0. The molecule has 15 nitrogen and oxygen atoms in total. The zero-order valence-corrected chi connectivity index (χ0v) is 38.6. The van der Waals surface area contributed by atoms with Gasteiger partial charge < -0.3 is 46.9 Å². The summed E-state index contributed by atoms with van der Waals surface area (Å²) < 4.78 is 12.9. The predicted octanol–water partition coefficient (Wildman–Crippen LogP) is 3.86. The summed E-state index contributed by atoms with van der Waals surface area (Å²) in [5, 5.41) is 16.8. The summed E-state index contributed by atoms with van der Waals surface area (Å²) in [6, 6.07) is 11.2. The highest BCUT2D eigenvalue weighted by molar-refractivity contribution is 6.47. The fourth-order valence-corrected chi connectivity index (χ4v) is 9.95. The molecule has 5 aliphatic rings. The molecule has 0 aromatic heterocycles. The molecular formula is C48H70BN7O8. The van der Waals surface area contributed by atoms with Crippen LogP contribution in [0.3, 0.4) is 0 Å². The highest BCUT2D eigenvalue weighted by Gasteiger charge is 2.68. The lowest BCUT2D eigenvalue weighted by molar-refractivity contribution is -0.199. The van der Waals surface area contributed by atoms with Gasteiger partial charge in [-0.2, -0.15) is 0 Å². The first kappa shape index (κ1) is 48.7. The second-order valence-corrected chi connectivity index (χ2v) is 19.2. The molecule has 348 valence electrons. The van der Waals surface area contributed by atoms with Gasteiger partial charge in [0.05, 0.1) is 17.6 Å². The molecule has 2 aromatic rings. The molecule has 2 bridgehead atoms. The molecule has 0 radical (unpaired) electrons. The van der Waals surface area contributed by atoms with Crippen LogP contribution in [0.5, 0.6) is 0 Å². The van der Waals surface area contributed by atoms with E-state index in [1.165, 1.54) is 12.5 Å². The number of nitrogens with one attached hydrogen (secondary N) is 6. The Labute approximate surface area is 378 Å². The number of nitrogens with two attached hydrogens (primary N) is 1. The minimum Gasteiger partial charge on any atom is -0.404 e. The molecule has 2 aromatic carbocycles. The van der Waals surface area contributed by atoms with E-state index in [4.69, 9.17) is 15.0 Å². The summed E-state index contributed by atoms with van der Waals surface area (Å²) in [5.74, 6) is -2.72.